The topological polar surface area (TPSA) is 29.5 Å². The molecule has 1 heterocycles. The third-order valence-corrected chi connectivity index (χ3v) is 4.28. The molecule has 25 heavy (non-hydrogen) atoms. The summed E-state index contributed by atoms with van der Waals surface area (Å²) >= 11 is 6.24. The van der Waals surface area contributed by atoms with Crippen molar-refractivity contribution in [2.24, 2.45) is 0 Å². The molecule has 0 unspecified atom stereocenters. The molecule has 2 aromatic carbocycles. The molecule has 0 amide bonds. The van der Waals surface area contributed by atoms with Crippen molar-refractivity contribution in [1.82, 2.24) is 0 Å². The Morgan fingerprint density at radius 2 is 1.88 bits per heavy atom. The molecule has 0 atom stereocenters. The van der Waals surface area contributed by atoms with Crippen molar-refractivity contribution in [3.05, 3.63) is 70.3 Å². The van der Waals surface area contributed by atoms with Crippen LogP contribution in [0.2, 0.25) is 5.02 Å². The van der Waals surface area contributed by atoms with Crippen LogP contribution in [0.1, 0.15) is 15.9 Å². The highest BCUT2D eigenvalue weighted by Crippen LogP contribution is 2.25. The fourth-order valence-electron chi connectivity index (χ4n) is 2.62. The minimum atomic E-state index is -0.598. The van der Waals surface area contributed by atoms with Crippen molar-refractivity contribution < 1.29 is 18.3 Å². The first-order valence-corrected chi connectivity index (χ1v) is 8.22. The van der Waals surface area contributed by atoms with Crippen molar-refractivity contribution in [3.63, 3.8) is 0 Å². The third-order valence-electron chi connectivity index (χ3n) is 3.97. The highest BCUT2D eigenvalue weighted by Gasteiger charge is 2.14. The second-order valence-electron chi connectivity index (χ2n) is 5.63. The summed E-state index contributed by atoms with van der Waals surface area (Å²) < 4.78 is 32.1. The summed E-state index contributed by atoms with van der Waals surface area (Å²) in [6.07, 6.45) is 2.43. The number of halogens is 3. The Morgan fingerprint density at radius 3 is 2.60 bits per heavy atom. The second-order valence-corrected chi connectivity index (χ2v) is 6.03. The van der Waals surface area contributed by atoms with Crippen LogP contribution in [0.25, 0.3) is 6.08 Å². The quantitative estimate of drug-likeness (QED) is 0.597. The number of ether oxygens (including phenoxy) is 1. The maximum atomic E-state index is 13.6. The lowest BCUT2D eigenvalue weighted by molar-refractivity contribution is 0.104. The van der Waals surface area contributed by atoms with Gasteiger partial charge in [-0.2, -0.15) is 0 Å². The summed E-state index contributed by atoms with van der Waals surface area (Å²) in [6.45, 7) is 2.84. The van der Waals surface area contributed by atoms with Crippen LogP contribution in [0.15, 0.2) is 42.5 Å². The Labute approximate surface area is 149 Å². The van der Waals surface area contributed by atoms with E-state index in [0.717, 1.165) is 37.0 Å². The van der Waals surface area contributed by atoms with Gasteiger partial charge in [-0.25, -0.2) is 8.78 Å². The normalized spacial score (nSPS) is 14.9. The van der Waals surface area contributed by atoms with E-state index in [0.29, 0.717) is 23.8 Å². The van der Waals surface area contributed by atoms with Gasteiger partial charge in [0.15, 0.2) is 5.78 Å². The highest BCUT2D eigenvalue weighted by atomic mass is 35.5. The van der Waals surface area contributed by atoms with Gasteiger partial charge in [0, 0.05) is 29.9 Å². The van der Waals surface area contributed by atoms with E-state index in [1.54, 1.807) is 12.1 Å². The summed E-state index contributed by atoms with van der Waals surface area (Å²) in [5.74, 6) is -1.54. The van der Waals surface area contributed by atoms with Gasteiger partial charge in [0.25, 0.3) is 0 Å². The van der Waals surface area contributed by atoms with Gasteiger partial charge in [0.2, 0.25) is 0 Å². The van der Waals surface area contributed by atoms with Crippen LogP contribution < -0.4 is 4.90 Å². The average molecular weight is 364 g/mol. The molecule has 1 aliphatic rings. The van der Waals surface area contributed by atoms with Crippen molar-refractivity contribution in [2.45, 2.75) is 0 Å². The van der Waals surface area contributed by atoms with Crippen molar-refractivity contribution in [3.8, 4) is 0 Å². The van der Waals surface area contributed by atoms with E-state index in [4.69, 9.17) is 16.3 Å². The molecule has 1 fully saturated rings. The molecule has 3 nitrogen and oxygen atoms in total. The number of carbonyl (C=O) groups is 1. The highest BCUT2D eigenvalue weighted by molar-refractivity contribution is 6.35. The number of allylic oxidation sites excluding steroid dienone is 1. The van der Waals surface area contributed by atoms with Crippen LogP contribution in [-0.2, 0) is 4.74 Å². The molecule has 0 radical (unpaired) electrons. The predicted octanol–water partition coefficient (Wildman–Crippen LogP) is 4.35. The zero-order chi connectivity index (χ0) is 17.8. The van der Waals surface area contributed by atoms with Crippen LogP contribution in [0, 0.1) is 11.6 Å². The smallest absolute Gasteiger partial charge is 0.187 e. The van der Waals surface area contributed by atoms with Gasteiger partial charge in [-0.05, 0) is 48.6 Å². The zero-order valence-corrected chi connectivity index (χ0v) is 14.1. The van der Waals surface area contributed by atoms with Gasteiger partial charge in [0.05, 0.1) is 18.2 Å². The summed E-state index contributed by atoms with van der Waals surface area (Å²) in [6, 6.07) is 8.26. The van der Waals surface area contributed by atoms with Gasteiger partial charge in [-0.15, -0.1) is 0 Å². The minimum absolute atomic E-state index is 0.00871. The Bertz CT molecular complexity index is 817. The molecule has 0 aromatic heterocycles. The Balaban J connectivity index is 1.77. The van der Waals surface area contributed by atoms with Crippen LogP contribution in [0.3, 0.4) is 0 Å². The first kappa shape index (κ1) is 17.6. The molecule has 0 N–H and O–H groups in total. The van der Waals surface area contributed by atoms with E-state index in [1.165, 1.54) is 12.2 Å². The van der Waals surface area contributed by atoms with Crippen LogP contribution in [0.4, 0.5) is 14.5 Å². The largest absolute Gasteiger partial charge is 0.378 e. The predicted molar refractivity (Wildman–Crippen MR) is 94.2 cm³/mol. The lowest BCUT2D eigenvalue weighted by Crippen LogP contribution is -2.36. The minimum Gasteiger partial charge on any atom is -0.378 e. The molecule has 130 valence electrons. The lowest BCUT2D eigenvalue weighted by atomic mass is 10.1. The second kappa shape index (κ2) is 7.76. The summed E-state index contributed by atoms with van der Waals surface area (Å²) in [4.78, 5) is 14.4. The molecule has 2 aromatic rings. The van der Waals surface area contributed by atoms with Gasteiger partial charge < -0.3 is 9.64 Å². The molecular weight excluding hydrogens is 348 g/mol. The zero-order valence-electron chi connectivity index (χ0n) is 13.3. The van der Waals surface area contributed by atoms with E-state index in [2.05, 4.69) is 4.90 Å². The van der Waals surface area contributed by atoms with Crippen LogP contribution in [0.5, 0.6) is 0 Å². The first-order chi connectivity index (χ1) is 12.0. The fraction of sp³-hybridized carbons (Fsp3) is 0.211. The van der Waals surface area contributed by atoms with E-state index in [9.17, 15) is 13.6 Å². The van der Waals surface area contributed by atoms with Crippen molar-refractivity contribution in [1.29, 1.82) is 0 Å². The number of hydrogen-bond donors (Lipinski definition) is 0. The monoisotopic (exact) mass is 363 g/mol. The SMILES string of the molecule is O=C(C=Cc1cc(F)ccc1F)c1ccc(N2CCOCC2)cc1Cl. The third kappa shape index (κ3) is 4.24. The van der Waals surface area contributed by atoms with Crippen LogP contribution in [-0.4, -0.2) is 32.1 Å². The van der Waals surface area contributed by atoms with Gasteiger partial charge in [0.1, 0.15) is 11.6 Å². The number of hydrogen-bond acceptors (Lipinski definition) is 3. The van der Waals surface area contributed by atoms with Gasteiger partial charge in [-0.3, -0.25) is 4.79 Å². The molecular formula is C19H16ClF2NO2. The number of anilines is 1. The van der Waals surface area contributed by atoms with Crippen LogP contribution >= 0.6 is 11.6 Å². The molecule has 0 aliphatic carbocycles. The average Bonchev–Trinajstić information content (AvgIpc) is 2.63. The molecule has 0 spiro atoms. The Hall–Kier alpha value is -2.24. The fourth-order valence-corrected chi connectivity index (χ4v) is 2.89. The molecule has 6 heteroatoms. The molecule has 1 saturated heterocycles. The van der Waals surface area contributed by atoms with Gasteiger partial charge in [-0.1, -0.05) is 11.6 Å². The molecule has 0 bridgehead atoms. The lowest BCUT2D eigenvalue weighted by Gasteiger charge is -2.29. The van der Waals surface area contributed by atoms with Gasteiger partial charge >= 0.3 is 0 Å². The number of benzene rings is 2. The number of nitrogens with zero attached hydrogens (tertiary/aromatic N) is 1. The number of ketones is 1. The maximum absolute atomic E-state index is 13.6. The Morgan fingerprint density at radius 1 is 1.12 bits per heavy atom. The van der Waals surface area contributed by atoms with E-state index in [1.807, 2.05) is 6.07 Å². The standard InChI is InChI=1S/C19H16ClF2NO2/c20-17-12-15(23-7-9-25-10-8-23)3-4-16(17)19(24)6-1-13-11-14(21)2-5-18(13)22/h1-6,11-12H,7-10H2. The summed E-state index contributed by atoms with van der Waals surface area (Å²) in [5, 5.41) is 0.318. The number of rotatable bonds is 4. The molecule has 3 rings (SSSR count). The summed E-state index contributed by atoms with van der Waals surface area (Å²) in [5.41, 5.74) is 1.24. The van der Waals surface area contributed by atoms with Crippen molar-refractivity contribution >= 4 is 29.1 Å². The number of carbonyl (C=O) groups excluding carboxylic acids is 1. The number of morpholine rings is 1. The van der Waals surface area contributed by atoms with E-state index in [-0.39, 0.29) is 11.3 Å². The van der Waals surface area contributed by atoms with E-state index < -0.39 is 11.6 Å². The maximum Gasteiger partial charge on any atom is 0.187 e. The van der Waals surface area contributed by atoms with Crippen molar-refractivity contribution in [2.75, 3.05) is 31.2 Å². The Kier molecular flexibility index (Phi) is 5.46. The van der Waals surface area contributed by atoms with E-state index >= 15 is 0 Å². The summed E-state index contributed by atoms with van der Waals surface area (Å²) in [7, 11) is 0. The molecule has 0 saturated carbocycles. The first-order valence-electron chi connectivity index (χ1n) is 7.84. The molecule has 1 aliphatic heterocycles.